The molecule has 0 amide bonds. The Labute approximate surface area is 181 Å². The Morgan fingerprint density at radius 1 is 1.07 bits per heavy atom. The molecule has 1 aliphatic rings. The lowest BCUT2D eigenvalue weighted by Crippen LogP contribution is -2.37. The largest absolute Gasteiger partial charge is 0.379 e. The fraction of sp³-hybridized carbons (Fsp3) is 0.318. The van der Waals surface area contributed by atoms with Crippen molar-refractivity contribution in [2.75, 3.05) is 50.1 Å². The summed E-state index contributed by atoms with van der Waals surface area (Å²) < 4.78 is 5.40. The van der Waals surface area contributed by atoms with E-state index in [0.717, 1.165) is 68.1 Å². The smallest absolute Gasteiger partial charge is 0.246 e. The number of hydrogen-bond acceptors (Lipinski definition) is 7. The van der Waals surface area contributed by atoms with Crippen molar-refractivity contribution in [2.24, 2.45) is 5.10 Å². The van der Waals surface area contributed by atoms with Crippen molar-refractivity contribution in [1.82, 2.24) is 14.9 Å². The van der Waals surface area contributed by atoms with Crippen LogP contribution < -0.4 is 10.7 Å². The van der Waals surface area contributed by atoms with Gasteiger partial charge in [0, 0.05) is 30.0 Å². The molecule has 7 nitrogen and oxygen atoms in total. The number of halogens is 1. The summed E-state index contributed by atoms with van der Waals surface area (Å²) in [5.41, 5.74) is 4.74. The summed E-state index contributed by atoms with van der Waals surface area (Å²) in [6.45, 7) is 5.57. The van der Waals surface area contributed by atoms with Gasteiger partial charge in [0.1, 0.15) is 5.82 Å². The zero-order chi connectivity index (χ0) is 20.6. The monoisotopic (exact) mass is 424 g/mol. The average Bonchev–Trinajstić information content (AvgIpc) is 2.79. The number of hydrazone groups is 1. The number of nitrogens with one attached hydrogen (secondary N) is 2. The molecule has 0 radical (unpaired) electrons. The molecule has 0 saturated carbocycles. The number of fused-ring (bicyclic) bond motifs is 1. The van der Waals surface area contributed by atoms with Crippen LogP contribution in [-0.4, -0.2) is 60.5 Å². The van der Waals surface area contributed by atoms with E-state index in [1.165, 1.54) is 0 Å². The quantitative estimate of drug-likeness (QED) is 0.325. The number of para-hydroxylation sites is 1. The van der Waals surface area contributed by atoms with Crippen molar-refractivity contribution in [3.05, 3.63) is 59.1 Å². The van der Waals surface area contributed by atoms with Gasteiger partial charge in [-0.1, -0.05) is 35.9 Å². The molecule has 0 unspecified atom stereocenters. The molecule has 1 saturated heterocycles. The minimum atomic E-state index is 0.453. The Bertz CT molecular complexity index is 989. The summed E-state index contributed by atoms with van der Waals surface area (Å²) >= 11 is 5.92. The molecule has 3 aromatic rings. The van der Waals surface area contributed by atoms with Gasteiger partial charge in [-0.25, -0.2) is 10.4 Å². The average molecular weight is 425 g/mol. The number of morpholine rings is 1. The summed E-state index contributed by atoms with van der Waals surface area (Å²) in [6.07, 6.45) is 2.75. The Kier molecular flexibility index (Phi) is 7.07. The van der Waals surface area contributed by atoms with Gasteiger partial charge < -0.3 is 10.1 Å². The van der Waals surface area contributed by atoms with E-state index in [0.29, 0.717) is 11.0 Å². The van der Waals surface area contributed by atoms with E-state index >= 15 is 0 Å². The molecule has 2 aromatic carbocycles. The summed E-state index contributed by atoms with van der Waals surface area (Å²) in [4.78, 5) is 11.6. The number of benzene rings is 2. The number of hydrogen-bond donors (Lipinski definition) is 2. The first-order valence-corrected chi connectivity index (χ1v) is 10.5. The number of aromatic nitrogens is 2. The van der Waals surface area contributed by atoms with E-state index in [9.17, 15) is 0 Å². The van der Waals surface area contributed by atoms with Crippen LogP contribution in [0.1, 0.15) is 12.0 Å². The Balaban J connectivity index is 1.40. The van der Waals surface area contributed by atoms with Crippen molar-refractivity contribution >= 4 is 40.5 Å². The predicted octanol–water partition coefficient (Wildman–Crippen LogP) is 3.86. The zero-order valence-corrected chi connectivity index (χ0v) is 17.5. The molecule has 0 bridgehead atoms. The van der Waals surface area contributed by atoms with Crippen LogP contribution in [0.25, 0.3) is 10.9 Å². The molecule has 0 atom stereocenters. The highest BCUT2D eigenvalue weighted by atomic mass is 35.5. The number of nitrogens with zero attached hydrogens (tertiary/aromatic N) is 4. The van der Waals surface area contributed by atoms with Crippen molar-refractivity contribution in [3.63, 3.8) is 0 Å². The molecule has 30 heavy (non-hydrogen) atoms. The SMILES string of the molecule is Clc1ccc(C=NNc2nc(NCCCN3CCOCC3)c3ccccc3n2)cc1. The van der Waals surface area contributed by atoms with Crippen LogP contribution >= 0.6 is 11.6 Å². The molecule has 2 N–H and O–H groups in total. The third kappa shape index (κ3) is 5.66. The number of ether oxygens (including phenoxy) is 1. The molecule has 4 rings (SSSR count). The van der Waals surface area contributed by atoms with Crippen LogP contribution in [0.4, 0.5) is 11.8 Å². The van der Waals surface area contributed by atoms with Crippen LogP contribution in [0.5, 0.6) is 0 Å². The Morgan fingerprint density at radius 3 is 2.70 bits per heavy atom. The summed E-state index contributed by atoms with van der Waals surface area (Å²) in [5.74, 6) is 1.27. The van der Waals surface area contributed by atoms with Gasteiger partial charge in [0.15, 0.2) is 0 Å². The third-order valence-electron chi connectivity index (χ3n) is 4.90. The van der Waals surface area contributed by atoms with Crippen molar-refractivity contribution in [2.45, 2.75) is 6.42 Å². The maximum Gasteiger partial charge on any atom is 0.246 e. The molecular formula is C22H25ClN6O. The van der Waals surface area contributed by atoms with Crippen molar-refractivity contribution in [1.29, 1.82) is 0 Å². The van der Waals surface area contributed by atoms with Gasteiger partial charge >= 0.3 is 0 Å². The van der Waals surface area contributed by atoms with Crippen LogP contribution in [0.15, 0.2) is 53.6 Å². The van der Waals surface area contributed by atoms with Crippen LogP contribution in [0.3, 0.4) is 0 Å². The molecule has 1 fully saturated rings. The molecule has 1 aromatic heterocycles. The van der Waals surface area contributed by atoms with Gasteiger partial charge in [0.25, 0.3) is 0 Å². The van der Waals surface area contributed by atoms with Crippen LogP contribution in [0.2, 0.25) is 5.02 Å². The van der Waals surface area contributed by atoms with Gasteiger partial charge in [-0.15, -0.1) is 0 Å². The van der Waals surface area contributed by atoms with E-state index in [-0.39, 0.29) is 0 Å². The second kappa shape index (κ2) is 10.3. The second-order valence-corrected chi connectivity index (χ2v) is 7.51. The van der Waals surface area contributed by atoms with Crippen LogP contribution in [0, 0.1) is 0 Å². The molecule has 1 aliphatic heterocycles. The van der Waals surface area contributed by atoms with Gasteiger partial charge in [-0.3, -0.25) is 4.90 Å². The lowest BCUT2D eigenvalue weighted by Gasteiger charge is -2.26. The lowest BCUT2D eigenvalue weighted by atomic mass is 10.2. The standard InChI is InChI=1S/C22H25ClN6O/c23-18-8-6-17(7-9-18)16-25-28-22-26-20-5-2-1-4-19(20)21(27-22)24-10-3-11-29-12-14-30-15-13-29/h1-2,4-9,16H,3,10-15H2,(H2,24,26,27,28). The normalized spacial score (nSPS) is 15.0. The highest BCUT2D eigenvalue weighted by Gasteiger charge is 2.10. The van der Waals surface area contributed by atoms with Crippen molar-refractivity contribution in [3.8, 4) is 0 Å². The predicted molar refractivity (Wildman–Crippen MR) is 123 cm³/mol. The summed E-state index contributed by atoms with van der Waals surface area (Å²) in [5, 5.41) is 9.42. The third-order valence-corrected chi connectivity index (χ3v) is 5.15. The molecule has 156 valence electrons. The summed E-state index contributed by atoms with van der Waals surface area (Å²) in [7, 11) is 0. The van der Waals surface area contributed by atoms with Gasteiger partial charge in [0.2, 0.25) is 5.95 Å². The topological polar surface area (TPSA) is 74.7 Å². The van der Waals surface area contributed by atoms with E-state index in [1.807, 2.05) is 48.5 Å². The van der Waals surface area contributed by atoms with Gasteiger partial charge in [-0.05, 0) is 42.8 Å². The van der Waals surface area contributed by atoms with E-state index in [2.05, 4.69) is 30.7 Å². The first-order chi connectivity index (χ1) is 14.8. The molecular weight excluding hydrogens is 400 g/mol. The second-order valence-electron chi connectivity index (χ2n) is 7.07. The van der Waals surface area contributed by atoms with Gasteiger partial charge in [-0.2, -0.15) is 10.1 Å². The molecule has 0 spiro atoms. The number of anilines is 2. The minimum absolute atomic E-state index is 0.453. The molecule has 2 heterocycles. The minimum Gasteiger partial charge on any atom is -0.379 e. The summed E-state index contributed by atoms with van der Waals surface area (Å²) in [6, 6.07) is 15.4. The molecule has 8 heteroatoms. The Hall–Kier alpha value is -2.74. The molecule has 0 aliphatic carbocycles. The van der Waals surface area contributed by atoms with Crippen molar-refractivity contribution < 1.29 is 4.74 Å². The van der Waals surface area contributed by atoms with Gasteiger partial charge in [0.05, 0.1) is 24.9 Å². The fourth-order valence-electron chi connectivity index (χ4n) is 3.31. The highest BCUT2D eigenvalue weighted by Crippen LogP contribution is 2.21. The Morgan fingerprint density at radius 2 is 1.87 bits per heavy atom. The van der Waals surface area contributed by atoms with E-state index in [4.69, 9.17) is 16.3 Å². The zero-order valence-electron chi connectivity index (χ0n) is 16.7. The maximum atomic E-state index is 5.92. The fourth-order valence-corrected chi connectivity index (χ4v) is 3.43. The van der Waals surface area contributed by atoms with E-state index < -0.39 is 0 Å². The first kappa shape index (κ1) is 20.5. The maximum absolute atomic E-state index is 5.92. The van der Waals surface area contributed by atoms with Crippen LogP contribution in [-0.2, 0) is 4.74 Å². The number of rotatable bonds is 8. The van der Waals surface area contributed by atoms with E-state index in [1.54, 1.807) is 6.21 Å². The first-order valence-electron chi connectivity index (χ1n) is 10.1. The lowest BCUT2D eigenvalue weighted by molar-refractivity contribution is 0.0378. The highest BCUT2D eigenvalue weighted by molar-refractivity contribution is 6.30.